The van der Waals surface area contributed by atoms with Crippen LogP contribution in [0.1, 0.15) is 0 Å². The highest BCUT2D eigenvalue weighted by Gasteiger charge is 2.14. The molecule has 2 rings (SSSR count). The Morgan fingerprint density at radius 3 is 2.42 bits per heavy atom. The number of urea groups is 1. The number of amides is 3. The second kappa shape index (κ2) is 6.84. The minimum absolute atomic E-state index is 0.0544. The van der Waals surface area contributed by atoms with Gasteiger partial charge in [0, 0.05) is 0 Å². The van der Waals surface area contributed by atoms with Crippen LogP contribution in [0.2, 0.25) is 0 Å². The maximum Gasteiger partial charge on any atom is 0.322 e. The molecule has 8 nitrogen and oxygen atoms in total. The summed E-state index contributed by atoms with van der Waals surface area (Å²) in [7, 11) is 0. The van der Waals surface area contributed by atoms with Crippen molar-refractivity contribution in [2.75, 3.05) is 18.4 Å². The molecule has 102 valence electrons. The summed E-state index contributed by atoms with van der Waals surface area (Å²) in [5, 5.41) is 24.3. The van der Waals surface area contributed by atoms with Crippen LogP contribution in [-0.2, 0) is 9.59 Å². The average Bonchev–Trinajstić information content (AvgIpc) is 2.73. The van der Waals surface area contributed by atoms with E-state index in [2.05, 4.69) is 10.6 Å². The lowest BCUT2D eigenvalue weighted by molar-refractivity contribution is -0.135. The van der Waals surface area contributed by atoms with Crippen LogP contribution in [0.3, 0.4) is 0 Å². The monoisotopic (exact) mass is 267 g/mol. The summed E-state index contributed by atoms with van der Waals surface area (Å²) < 4.78 is 0. The summed E-state index contributed by atoms with van der Waals surface area (Å²) in [5.41, 5.74) is 0.430. The maximum atomic E-state index is 10.1. The molecule has 1 aliphatic rings. The van der Waals surface area contributed by atoms with Gasteiger partial charge in [0.25, 0.3) is 0 Å². The number of rotatable bonds is 3. The molecular weight excluding hydrogens is 254 g/mol. The minimum Gasteiger partial charge on any atom is -0.506 e. The third kappa shape index (κ3) is 5.39. The van der Waals surface area contributed by atoms with Crippen LogP contribution in [0.4, 0.5) is 10.5 Å². The molecule has 0 unspecified atom stereocenters. The first-order chi connectivity index (χ1) is 8.99. The zero-order chi connectivity index (χ0) is 14.3. The Morgan fingerprint density at radius 1 is 1.32 bits per heavy atom. The number of aromatic hydroxyl groups is 1. The molecule has 1 fully saturated rings. The summed E-state index contributed by atoms with van der Waals surface area (Å²) in [6, 6.07) is 6.08. The van der Waals surface area contributed by atoms with Gasteiger partial charge in [0.2, 0.25) is 5.91 Å². The molecule has 5 N–H and O–H groups in total. The van der Waals surface area contributed by atoms with Crippen LogP contribution in [0.25, 0.3) is 0 Å². The molecular formula is C11H13N3O5. The first-order valence-electron chi connectivity index (χ1n) is 5.30. The molecule has 19 heavy (non-hydrogen) atoms. The number of anilines is 1. The molecule has 3 amide bonds. The molecule has 0 spiro atoms. The van der Waals surface area contributed by atoms with Crippen LogP contribution in [0.15, 0.2) is 24.3 Å². The second-order valence-electron chi connectivity index (χ2n) is 3.50. The molecule has 0 aliphatic carbocycles. The van der Waals surface area contributed by atoms with E-state index in [9.17, 15) is 14.4 Å². The Balaban J connectivity index is 0.000000218. The molecule has 1 aliphatic heterocycles. The van der Waals surface area contributed by atoms with Crippen molar-refractivity contribution in [3.63, 3.8) is 0 Å². The van der Waals surface area contributed by atoms with Gasteiger partial charge in [0.15, 0.2) is 0 Å². The number of para-hydroxylation sites is 2. The van der Waals surface area contributed by atoms with E-state index in [4.69, 9.17) is 10.2 Å². The lowest BCUT2D eigenvalue weighted by atomic mass is 10.3. The second-order valence-corrected chi connectivity index (χ2v) is 3.50. The van der Waals surface area contributed by atoms with Crippen LogP contribution in [0.5, 0.6) is 5.75 Å². The van der Waals surface area contributed by atoms with Crippen molar-refractivity contribution in [2.24, 2.45) is 0 Å². The van der Waals surface area contributed by atoms with Crippen molar-refractivity contribution in [3.05, 3.63) is 24.3 Å². The van der Waals surface area contributed by atoms with E-state index in [0.29, 0.717) is 5.69 Å². The Morgan fingerprint density at radius 2 is 2.00 bits per heavy atom. The van der Waals surface area contributed by atoms with E-state index in [1.54, 1.807) is 18.2 Å². The number of benzene rings is 1. The fourth-order valence-corrected chi connectivity index (χ4v) is 1.17. The minimum atomic E-state index is -0.960. The van der Waals surface area contributed by atoms with Gasteiger partial charge < -0.3 is 20.8 Å². The normalized spacial score (nSPS) is 12.8. The van der Waals surface area contributed by atoms with Crippen LogP contribution in [-0.4, -0.2) is 41.2 Å². The quantitative estimate of drug-likeness (QED) is 0.378. The molecule has 1 saturated heterocycles. The standard InChI is InChI=1S/C8H9NO3.C3H4N2O2/c10-7-4-2-1-3-6(7)9-5-8(11)12;6-2-1-4-3(7)5-2/h1-4,9-10H,5H2,(H,11,12);1H2,(H2,4,5,6,7). The SMILES string of the molecule is O=C(O)CNc1ccccc1O.O=C1CNC(=O)N1. The topological polar surface area (TPSA) is 128 Å². The van der Waals surface area contributed by atoms with E-state index in [1.165, 1.54) is 6.07 Å². The van der Waals surface area contributed by atoms with Gasteiger partial charge in [-0.1, -0.05) is 12.1 Å². The summed E-state index contributed by atoms with van der Waals surface area (Å²) in [5.74, 6) is -1.16. The Kier molecular flexibility index (Phi) is 5.15. The van der Waals surface area contributed by atoms with Gasteiger partial charge in [-0.3, -0.25) is 14.9 Å². The van der Waals surface area contributed by atoms with E-state index in [-0.39, 0.29) is 24.7 Å². The highest BCUT2D eigenvalue weighted by atomic mass is 16.4. The Labute approximate surface area is 108 Å². The fraction of sp³-hybridized carbons (Fsp3) is 0.182. The maximum absolute atomic E-state index is 10.1. The van der Waals surface area contributed by atoms with Gasteiger partial charge in [-0.15, -0.1) is 0 Å². The van der Waals surface area contributed by atoms with Crippen LogP contribution < -0.4 is 16.0 Å². The van der Waals surface area contributed by atoms with Crippen molar-refractivity contribution < 1.29 is 24.6 Å². The lowest BCUT2D eigenvalue weighted by Gasteiger charge is -2.04. The smallest absolute Gasteiger partial charge is 0.322 e. The summed E-state index contributed by atoms with van der Waals surface area (Å²) in [4.78, 5) is 30.2. The molecule has 1 aromatic carbocycles. The number of hydrogen-bond acceptors (Lipinski definition) is 5. The average molecular weight is 267 g/mol. The zero-order valence-corrected chi connectivity index (χ0v) is 9.84. The summed E-state index contributed by atoms with van der Waals surface area (Å²) >= 11 is 0. The Hall–Kier alpha value is -2.77. The van der Waals surface area contributed by atoms with E-state index in [0.717, 1.165) is 0 Å². The molecule has 0 aromatic heterocycles. The van der Waals surface area contributed by atoms with E-state index < -0.39 is 12.0 Å². The molecule has 8 heteroatoms. The first-order valence-corrected chi connectivity index (χ1v) is 5.30. The fourth-order valence-electron chi connectivity index (χ4n) is 1.17. The molecule has 0 saturated carbocycles. The van der Waals surface area contributed by atoms with Gasteiger partial charge in [-0.05, 0) is 12.1 Å². The summed E-state index contributed by atoms with van der Waals surface area (Å²) in [6.07, 6.45) is 0. The largest absolute Gasteiger partial charge is 0.506 e. The van der Waals surface area contributed by atoms with Crippen molar-refractivity contribution in [3.8, 4) is 5.75 Å². The number of carboxylic acids is 1. The summed E-state index contributed by atoms with van der Waals surface area (Å²) in [6.45, 7) is -0.0730. The van der Waals surface area contributed by atoms with Gasteiger partial charge in [-0.2, -0.15) is 0 Å². The number of carbonyl (C=O) groups is 3. The number of phenolic OH excluding ortho intramolecular Hbond substituents is 1. The number of carboxylic acid groups (broad SMARTS) is 1. The van der Waals surface area contributed by atoms with Gasteiger partial charge in [-0.25, -0.2) is 4.79 Å². The van der Waals surface area contributed by atoms with E-state index >= 15 is 0 Å². The van der Waals surface area contributed by atoms with Gasteiger partial charge >= 0.3 is 12.0 Å². The third-order valence-electron chi connectivity index (χ3n) is 2.00. The third-order valence-corrected chi connectivity index (χ3v) is 2.00. The lowest BCUT2D eigenvalue weighted by Crippen LogP contribution is -2.22. The number of phenols is 1. The predicted molar refractivity (Wildman–Crippen MR) is 65.8 cm³/mol. The molecule has 0 atom stereocenters. The zero-order valence-electron chi connectivity index (χ0n) is 9.84. The van der Waals surface area contributed by atoms with Gasteiger partial charge in [0.1, 0.15) is 12.3 Å². The molecule has 0 radical (unpaired) electrons. The molecule has 0 bridgehead atoms. The van der Waals surface area contributed by atoms with Crippen molar-refractivity contribution in [1.82, 2.24) is 10.6 Å². The molecule has 1 heterocycles. The number of nitrogens with one attached hydrogen (secondary N) is 3. The number of aliphatic carboxylic acids is 1. The van der Waals surface area contributed by atoms with Crippen molar-refractivity contribution in [2.45, 2.75) is 0 Å². The number of imide groups is 1. The van der Waals surface area contributed by atoms with Gasteiger partial charge in [0.05, 0.1) is 12.2 Å². The molecule has 1 aromatic rings. The van der Waals surface area contributed by atoms with Crippen LogP contribution in [0, 0.1) is 0 Å². The highest BCUT2D eigenvalue weighted by molar-refractivity contribution is 6.01. The van der Waals surface area contributed by atoms with E-state index in [1.807, 2.05) is 5.32 Å². The predicted octanol–water partition coefficient (Wildman–Crippen LogP) is -0.285. The number of carbonyl (C=O) groups excluding carboxylic acids is 2. The highest BCUT2D eigenvalue weighted by Crippen LogP contribution is 2.20. The van der Waals surface area contributed by atoms with Crippen molar-refractivity contribution in [1.29, 1.82) is 0 Å². The Bertz CT molecular complexity index is 475. The van der Waals surface area contributed by atoms with Crippen molar-refractivity contribution >= 4 is 23.6 Å². The number of hydrogen-bond donors (Lipinski definition) is 5. The van der Waals surface area contributed by atoms with Crippen LogP contribution >= 0.6 is 0 Å². The first kappa shape index (κ1) is 14.3.